The number of benzene rings is 1. The number of ether oxygens (including phenoxy) is 2. The second-order valence-electron chi connectivity index (χ2n) is 5.80. The van der Waals surface area contributed by atoms with Gasteiger partial charge < -0.3 is 9.47 Å². The third-order valence-electron chi connectivity index (χ3n) is 4.14. The van der Waals surface area contributed by atoms with E-state index in [1.54, 1.807) is 18.7 Å². The molecule has 0 aromatic heterocycles. The number of likely N-dealkylation sites (tertiary alicyclic amines) is 1. The van der Waals surface area contributed by atoms with Gasteiger partial charge in [0.05, 0.1) is 17.1 Å². The molecule has 120 valence electrons. The molecule has 1 saturated heterocycles. The van der Waals surface area contributed by atoms with E-state index in [1.165, 1.54) is 19.3 Å². The molecule has 0 unspecified atom stereocenters. The summed E-state index contributed by atoms with van der Waals surface area (Å²) in [5.41, 5.74) is 0.662. The Kier molecular flexibility index (Phi) is 5.26. The predicted molar refractivity (Wildman–Crippen MR) is 88.5 cm³/mol. The van der Waals surface area contributed by atoms with Gasteiger partial charge in [-0.3, -0.25) is 9.69 Å². The van der Waals surface area contributed by atoms with Crippen molar-refractivity contribution in [2.75, 3.05) is 38.6 Å². The molecule has 0 bridgehead atoms. The molecule has 1 aromatic rings. The molecule has 1 fully saturated rings. The molecule has 2 aliphatic heterocycles. The maximum Gasteiger partial charge on any atom is 0.163 e. The maximum atomic E-state index is 11.9. The second-order valence-corrected chi connectivity index (χ2v) is 6.94. The van der Waals surface area contributed by atoms with Gasteiger partial charge in [0.2, 0.25) is 0 Å². The summed E-state index contributed by atoms with van der Waals surface area (Å²) >= 11 is 1.73. The van der Waals surface area contributed by atoms with E-state index in [1.807, 2.05) is 12.1 Å². The molecule has 2 aliphatic rings. The van der Waals surface area contributed by atoms with Crippen molar-refractivity contribution in [2.24, 2.45) is 0 Å². The smallest absolute Gasteiger partial charge is 0.163 e. The fourth-order valence-corrected chi connectivity index (χ4v) is 3.78. The second kappa shape index (κ2) is 7.38. The molecule has 5 heteroatoms. The van der Waals surface area contributed by atoms with Crippen molar-refractivity contribution in [1.29, 1.82) is 0 Å². The van der Waals surface area contributed by atoms with Crippen molar-refractivity contribution in [3.63, 3.8) is 0 Å². The number of thioether (sulfide) groups is 1. The summed E-state index contributed by atoms with van der Waals surface area (Å²) in [6, 6.07) is 3.80. The minimum absolute atomic E-state index is 0.0435. The van der Waals surface area contributed by atoms with Crippen LogP contribution in [0.3, 0.4) is 0 Å². The molecular weight excluding hydrogens is 298 g/mol. The molecule has 0 amide bonds. The summed E-state index contributed by atoms with van der Waals surface area (Å²) in [4.78, 5) is 15.4. The van der Waals surface area contributed by atoms with E-state index in [2.05, 4.69) is 4.90 Å². The van der Waals surface area contributed by atoms with Crippen LogP contribution in [0.25, 0.3) is 0 Å². The molecule has 0 aliphatic carbocycles. The summed E-state index contributed by atoms with van der Waals surface area (Å²) in [6.45, 7) is 6.16. The fraction of sp³-hybridized carbons (Fsp3) is 0.588. The van der Waals surface area contributed by atoms with Gasteiger partial charge in [0, 0.05) is 18.4 Å². The van der Waals surface area contributed by atoms with Crippen molar-refractivity contribution >= 4 is 17.5 Å². The van der Waals surface area contributed by atoms with Crippen LogP contribution in [-0.4, -0.2) is 49.3 Å². The first kappa shape index (κ1) is 15.7. The average Bonchev–Trinajstić information content (AvgIpc) is 2.55. The first-order valence-electron chi connectivity index (χ1n) is 8.04. The van der Waals surface area contributed by atoms with Crippen molar-refractivity contribution in [3.05, 3.63) is 17.7 Å². The maximum absolute atomic E-state index is 11.9. The first-order chi connectivity index (χ1) is 10.7. The standard InChI is InChI=1S/C17H23NO3S/c1-13(19)14-11-17-16(21-9-10-22-17)12-15(14)20-8-7-18-5-3-2-4-6-18/h11-12H,2-10H2,1H3. The zero-order valence-corrected chi connectivity index (χ0v) is 13.9. The number of ketones is 1. The van der Waals surface area contributed by atoms with Crippen molar-refractivity contribution < 1.29 is 14.3 Å². The molecule has 0 saturated carbocycles. The quantitative estimate of drug-likeness (QED) is 0.779. The fourth-order valence-electron chi connectivity index (χ4n) is 2.93. The summed E-state index contributed by atoms with van der Waals surface area (Å²) in [6.07, 6.45) is 3.90. The molecule has 3 rings (SSSR count). The lowest BCUT2D eigenvalue weighted by atomic mass is 10.1. The Morgan fingerprint density at radius 1 is 1.32 bits per heavy atom. The number of hydrogen-bond donors (Lipinski definition) is 0. The van der Waals surface area contributed by atoms with Gasteiger partial charge in [-0.05, 0) is 38.9 Å². The van der Waals surface area contributed by atoms with Gasteiger partial charge in [-0.25, -0.2) is 0 Å². The van der Waals surface area contributed by atoms with E-state index in [9.17, 15) is 4.79 Å². The average molecular weight is 321 g/mol. The largest absolute Gasteiger partial charge is 0.491 e. The van der Waals surface area contributed by atoms with Crippen LogP contribution in [-0.2, 0) is 0 Å². The van der Waals surface area contributed by atoms with Gasteiger partial charge in [-0.15, -0.1) is 11.8 Å². The van der Waals surface area contributed by atoms with Crippen LogP contribution in [0.15, 0.2) is 17.0 Å². The molecule has 2 heterocycles. The van der Waals surface area contributed by atoms with Gasteiger partial charge in [-0.1, -0.05) is 6.42 Å². The van der Waals surface area contributed by atoms with Gasteiger partial charge in [-0.2, -0.15) is 0 Å². The summed E-state index contributed by atoms with van der Waals surface area (Å²) in [5, 5.41) is 0. The number of fused-ring (bicyclic) bond motifs is 1. The molecule has 4 nitrogen and oxygen atoms in total. The Morgan fingerprint density at radius 2 is 2.14 bits per heavy atom. The highest BCUT2D eigenvalue weighted by atomic mass is 32.2. The number of carbonyl (C=O) groups is 1. The van der Waals surface area contributed by atoms with Crippen LogP contribution < -0.4 is 9.47 Å². The Balaban J connectivity index is 1.67. The number of nitrogens with zero attached hydrogens (tertiary/aromatic N) is 1. The van der Waals surface area contributed by atoms with Crippen LogP contribution in [0.4, 0.5) is 0 Å². The van der Waals surface area contributed by atoms with Crippen LogP contribution in [0.5, 0.6) is 11.5 Å². The summed E-state index contributed by atoms with van der Waals surface area (Å²) in [7, 11) is 0. The lowest BCUT2D eigenvalue weighted by molar-refractivity contribution is 0.101. The highest BCUT2D eigenvalue weighted by Crippen LogP contribution is 2.38. The molecule has 1 aromatic carbocycles. The summed E-state index contributed by atoms with van der Waals surface area (Å²) < 4.78 is 11.6. The number of piperidine rings is 1. The molecule has 0 N–H and O–H groups in total. The van der Waals surface area contributed by atoms with E-state index in [0.29, 0.717) is 24.5 Å². The molecular formula is C17H23NO3S. The Hall–Kier alpha value is -1.20. The van der Waals surface area contributed by atoms with Gasteiger partial charge >= 0.3 is 0 Å². The number of Topliss-reactive ketones (excluding diaryl/α,β-unsaturated/α-hetero) is 1. The van der Waals surface area contributed by atoms with Crippen molar-refractivity contribution in [2.45, 2.75) is 31.1 Å². The topological polar surface area (TPSA) is 38.8 Å². The van der Waals surface area contributed by atoms with E-state index in [4.69, 9.17) is 9.47 Å². The highest BCUT2D eigenvalue weighted by molar-refractivity contribution is 7.99. The van der Waals surface area contributed by atoms with Crippen LogP contribution in [0, 0.1) is 0 Å². The van der Waals surface area contributed by atoms with E-state index in [0.717, 1.165) is 36.0 Å². The van der Waals surface area contributed by atoms with Crippen LogP contribution >= 0.6 is 11.8 Å². The van der Waals surface area contributed by atoms with E-state index >= 15 is 0 Å². The molecule has 22 heavy (non-hydrogen) atoms. The number of carbonyl (C=O) groups excluding carboxylic acids is 1. The normalized spacial score (nSPS) is 18.4. The lowest BCUT2D eigenvalue weighted by Crippen LogP contribution is -2.33. The number of rotatable bonds is 5. The SMILES string of the molecule is CC(=O)c1cc2c(cc1OCCN1CCCCC1)OCCS2. The third-order valence-corrected chi connectivity index (χ3v) is 5.14. The summed E-state index contributed by atoms with van der Waals surface area (Å²) in [5.74, 6) is 2.47. The monoisotopic (exact) mass is 321 g/mol. The number of hydrogen-bond acceptors (Lipinski definition) is 5. The Bertz CT molecular complexity index is 541. The molecule has 0 atom stereocenters. The first-order valence-corrected chi connectivity index (χ1v) is 9.02. The Morgan fingerprint density at radius 3 is 2.91 bits per heavy atom. The van der Waals surface area contributed by atoms with Gasteiger partial charge in [0.15, 0.2) is 5.78 Å². The van der Waals surface area contributed by atoms with Gasteiger partial charge in [0.25, 0.3) is 0 Å². The third kappa shape index (κ3) is 3.76. The molecule has 0 radical (unpaired) electrons. The van der Waals surface area contributed by atoms with E-state index in [-0.39, 0.29) is 5.78 Å². The van der Waals surface area contributed by atoms with Crippen molar-refractivity contribution in [3.8, 4) is 11.5 Å². The van der Waals surface area contributed by atoms with Crippen LogP contribution in [0.2, 0.25) is 0 Å². The van der Waals surface area contributed by atoms with Crippen LogP contribution in [0.1, 0.15) is 36.5 Å². The van der Waals surface area contributed by atoms with Gasteiger partial charge in [0.1, 0.15) is 18.1 Å². The minimum atomic E-state index is 0.0435. The Labute approximate surface area is 136 Å². The zero-order chi connectivity index (χ0) is 15.4. The molecule has 0 spiro atoms. The predicted octanol–water partition coefficient (Wildman–Crippen LogP) is 3.24. The van der Waals surface area contributed by atoms with Crippen molar-refractivity contribution in [1.82, 2.24) is 4.90 Å². The lowest BCUT2D eigenvalue weighted by Gasteiger charge is -2.26. The van der Waals surface area contributed by atoms with E-state index < -0.39 is 0 Å². The zero-order valence-electron chi connectivity index (χ0n) is 13.1. The highest BCUT2D eigenvalue weighted by Gasteiger charge is 2.18. The minimum Gasteiger partial charge on any atom is -0.491 e.